The number of hydrogen-bond acceptors (Lipinski definition) is 5. The van der Waals surface area contributed by atoms with E-state index in [0.717, 1.165) is 42.0 Å². The van der Waals surface area contributed by atoms with Crippen molar-refractivity contribution in [3.05, 3.63) is 120 Å². The molecule has 1 fully saturated rings. The van der Waals surface area contributed by atoms with E-state index >= 15 is 0 Å². The van der Waals surface area contributed by atoms with E-state index in [1.54, 1.807) is 67.6 Å². The molecule has 0 saturated heterocycles. The molecule has 2 amide bonds. The molecule has 46 heavy (non-hydrogen) atoms. The van der Waals surface area contributed by atoms with E-state index in [1.165, 1.54) is 17.0 Å². The third-order valence-corrected chi connectivity index (χ3v) is 10.1. The zero-order valence-corrected chi connectivity index (χ0v) is 27.3. The fourth-order valence-electron chi connectivity index (χ4n) is 5.54. The first-order chi connectivity index (χ1) is 22.2. The van der Waals surface area contributed by atoms with Crippen molar-refractivity contribution in [3.63, 3.8) is 0 Å². The number of halogens is 1. The molecule has 240 valence electrons. The lowest BCUT2D eigenvalue weighted by Crippen LogP contribution is -2.53. The van der Waals surface area contributed by atoms with Crippen LogP contribution in [-0.2, 0) is 26.2 Å². The van der Waals surface area contributed by atoms with E-state index in [1.807, 2.05) is 36.4 Å². The summed E-state index contributed by atoms with van der Waals surface area (Å²) >= 11 is 6.25. The number of nitrogens with zero attached hydrogens (tertiary/aromatic N) is 2. The summed E-state index contributed by atoms with van der Waals surface area (Å²) in [5.74, 6) is 0.336. The van der Waals surface area contributed by atoms with Crippen molar-refractivity contribution in [2.45, 2.75) is 62.6 Å². The molecule has 1 atom stereocenters. The van der Waals surface area contributed by atoms with Crippen molar-refractivity contribution in [1.29, 1.82) is 0 Å². The fourth-order valence-corrected chi connectivity index (χ4v) is 7.18. The monoisotopic (exact) mass is 659 g/mol. The van der Waals surface area contributed by atoms with Crippen LogP contribution in [-0.4, -0.2) is 43.8 Å². The number of para-hydroxylation sites is 1. The van der Waals surface area contributed by atoms with Crippen LogP contribution in [0.3, 0.4) is 0 Å². The van der Waals surface area contributed by atoms with Gasteiger partial charge in [0.05, 0.1) is 10.6 Å². The van der Waals surface area contributed by atoms with E-state index in [4.69, 9.17) is 16.3 Å². The van der Waals surface area contributed by atoms with E-state index in [0.29, 0.717) is 16.5 Å². The fraction of sp³-hybridized carbons (Fsp3) is 0.278. The van der Waals surface area contributed by atoms with Gasteiger partial charge in [-0.15, -0.1) is 0 Å². The van der Waals surface area contributed by atoms with Gasteiger partial charge in [0.1, 0.15) is 24.1 Å². The largest absolute Gasteiger partial charge is 0.457 e. The molecular formula is C36H38ClN3O5S. The minimum atomic E-state index is -4.18. The summed E-state index contributed by atoms with van der Waals surface area (Å²) < 4.78 is 35.1. The van der Waals surface area contributed by atoms with Crippen molar-refractivity contribution in [2.24, 2.45) is 0 Å². The summed E-state index contributed by atoms with van der Waals surface area (Å²) in [5.41, 5.74) is 0.998. The summed E-state index contributed by atoms with van der Waals surface area (Å²) in [4.78, 5) is 29.2. The lowest BCUT2D eigenvalue weighted by Gasteiger charge is -2.33. The first kappa shape index (κ1) is 33.0. The highest BCUT2D eigenvalue weighted by molar-refractivity contribution is 7.92. The number of ether oxygens (including phenoxy) is 1. The van der Waals surface area contributed by atoms with Crippen molar-refractivity contribution >= 4 is 39.1 Å². The molecule has 0 aromatic heterocycles. The van der Waals surface area contributed by atoms with E-state index in [-0.39, 0.29) is 29.1 Å². The Hall–Kier alpha value is -4.34. The van der Waals surface area contributed by atoms with Crippen LogP contribution in [0.15, 0.2) is 114 Å². The van der Waals surface area contributed by atoms with Gasteiger partial charge in [0.15, 0.2) is 0 Å². The van der Waals surface area contributed by atoms with E-state index < -0.39 is 28.5 Å². The van der Waals surface area contributed by atoms with Crippen LogP contribution in [0, 0.1) is 0 Å². The molecule has 1 aliphatic carbocycles. The molecule has 4 aromatic carbocycles. The molecule has 4 aromatic rings. The van der Waals surface area contributed by atoms with E-state index in [2.05, 4.69) is 5.32 Å². The normalized spacial score (nSPS) is 14.2. The first-order valence-corrected chi connectivity index (χ1v) is 17.3. The van der Waals surface area contributed by atoms with Crippen molar-refractivity contribution < 1.29 is 22.7 Å². The molecule has 1 saturated carbocycles. The second kappa shape index (κ2) is 15.3. The van der Waals surface area contributed by atoms with Crippen LogP contribution in [0.25, 0.3) is 0 Å². The number of anilines is 1. The number of sulfonamides is 1. The highest BCUT2D eigenvalue weighted by atomic mass is 35.5. The Labute approximate surface area is 276 Å². The topological polar surface area (TPSA) is 96.0 Å². The molecule has 0 radical (unpaired) electrons. The predicted octanol–water partition coefficient (Wildman–Crippen LogP) is 7.19. The van der Waals surface area contributed by atoms with Crippen LogP contribution in [0.5, 0.6) is 11.5 Å². The molecule has 1 unspecified atom stereocenters. The molecule has 10 heteroatoms. The van der Waals surface area contributed by atoms with Crippen molar-refractivity contribution in [1.82, 2.24) is 10.2 Å². The van der Waals surface area contributed by atoms with Gasteiger partial charge in [0, 0.05) is 17.6 Å². The minimum Gasteiger partial charge on any atom is -0.457 e. The van der Waals surface area contributed by atoms with Gasteiger partial charge in [-0.05, 0) is 86.0 Å². The summed E-state index contributed by atoms with van der Waals surface area (Å²) in [5, 5.41) is 3.61. The molecule has 1 N–H and O–H groups in total. The van der Waals surface area contributed by atoms with Crippen molar-refractivity contribution in [2.75, 3.05) is 10.8 Å². The highest BCUT2D eigenvalue weighted by Gasteiger charge is 2.33. The van der Waals surface area contributed by atoms with Gasteiger partial charge in [-0.1, -0.05) is 79.4 Å². The zero-order valence-electron chi connectivity index (χ0n) is 25.7. The average molecular weight is 660 g/mol. The van der Waals surface area contributed by atoms with Gasteiger partial charge in [0.25, 0.3) is 10.0 Å². The number of hydrogen-bond donors (Lipinski definition) is 1. The van der Waals surface area contributed by atoms with Crippen molar-refractivity contribution in [3.8, 4) is 11.5 Å². The minimum absolute atomic E-state index is 0.0388. The smallest absolute Gasteiger partial charge is 0.264 e. The molecule has 0 spiro atoms. The maximum Gasteiger partial charge on any atom is 0.264 e. The summed E-state index contributed by atoms with van der Waals surface area (Å²) in [6.45, 7) is 1.21. The van der Waals surface area contributed by atoms with Gasteiger partial charge in [-0.25, -0.2) is 8.42 Å². The van der Waals surface area contributed by atoms with E-state index in [9.17, 15) is 18.0 Å². The number of benzene rings is 4. The molecule has 8 nitrogen and oxygen atoms in total. The summed E-state index contributed by atoms with van der Waals surface area (Å²) in [6.07, 6.45) is 5.03. The molecule has 0 heterocycles. The summed E-state index contributed by atoms with van der Waals surface area (Å²) in [6, 6.07) is 30.0. The lowest BCUT2D eigenvalue weighted by molar-refractivity contribution is -0.139. The van der Waals surface area contributed by atoms with Crippen LogP contribution in [0.2, 0.25) is 5.02 Å². The Bertz CT molecular complexity index is 1710. The van der Waals surface area contributed by atoms with Gasteiger partial charge >= 0.3 is 0 Å². The van der Waals surface area contributed by atoms with Crippen LogP contribution in [0.4, 0.5) is 5.69 Å². The Balaban J connectivity index is 1.45. The third-order valence-electron chi connectivity index (χ3n) is 8.07. The number of amides is 2. The zero-order chi connectivity index (χ0) is 32.5. The maximum atomic E-state index is 14.2. The third kappa shape index (κ3) is 8.47. The first-order valence-electron chi connectivity index (χ1n) is 15.5. The number of carbonyl (C=O) groups excluding carboxylic acids is 2. The van der Waals surface area contributed by atoms with Gasteiger partial charge in [0.2, 0.25) is 11.8 Å². The Morgan fingerprint density at radius 3 is 2.13 bits per heavy atom. The Morgan fingerprint density at radius 2 is 1.48 bits per heavy atom. The molecule has 0 bridgehead atoms. The molecule has 5 rings (SSSR count). The molecule has 0 aliphatic heterocycles. The number of nitrogens with one attached hydrogen (secondary N) is 1. The lowest BCUT2D eigenvalue weighted by atomic mass is 9.95. The Morgan fingerprint density at radius 1 is 0.848 bits per heavy atom. The SMILES string of the molecule is CC(C(=O)NC1CCCCC1)N(Cc1cccc(Cl)c1)C(=O)CN(c1ccc(Oc2ccccc2)cc1)S(=O)(=O)c1ccccc1. The van der Waals surface area contributed by atoms with Gasteiger partial charge < -0.3 is 15.0 Å². The standard InChI is InChI=1S/C36H38ClN3O5S/c1-27(36(42)38-30-14-5-2-6-15-30)39(25-28-12-11-13-29(37)24-28)35(41)26-40(46(43,44)34-18-9-4-10-19-34)31-20-22-33(23-21-31)45-32-16-7-3-8-17-32/h3-4,7-13,16-24,27,30H,2,5-6,14-15,25-26H2,1H3,(H,38,42). The quantitative estimate of drug-likeness (QED) is 0.174. The second-order valence-corrected chi connectivity index (χ2v) is 13.7. The average Bonchev–Trinajstić information content (AvgIpc) is 3.07. The highest BCUT2D eigenvalue weighted by Crippen LogP contribution is 2.29. The van der Waals surface area contributed by atoms with Crippen LogP contribution in [0.1, 0.15) is 44.6 Å². The Kier molecular flexibility index (Phi) is 11.0. The number of rotatable bonds is 12. The summed E-state index contributed by atoms with van der Waals surface area (Å²) in [7, 11) is -4.18. The van der Waals surface area contributed by atoms with Gasteiger partial charge in [-0.2, -0.15) is 0 Å². The maximum absolute atomic E-state index is 14.2. The molecular weight excluding hydrogens is 622 g/mol. The molecule has 1 aliphatic rings. The van der Waals surface area contributed by atoms with Gasteiger partial charge in [-0.3, -0.25) is 13.9 Å². The number of carbonyl (C=O) groups is 2. The predicted molar refractivity (Wildman–Crippen MR) is 180 cm³/mol. The van der Waals surface area contributed by atoms with Crippen LogP contribution < -0.4 is 14.4 Å². The second-order valence-electron chi connectivity index (χ2n) is 11.4. The van der Waals surface area contributed by atoms with Crippen LogP contribution >= 0.6 is 11.6 Å².